The first-order chi connectivity index (χ1) is 9.99. The van der Waals surface area contributed by atoms with Gasteiger partial charge in [-0.25, -0.2) is 0 Å². The summed E-state index contributed by atoms with van der Waals surface area (Å²) in [5, 5.41) is 0. The molecule has 2 aliphatic carbocycles. The van der Waals surface area contributed by atoms with Crippen molar-refractivity contribution in [3.63, 3.8) is 0 Å². The van der Waals surface area contributed by atoms with Crippen molar-refractivity contribution in [2.75, 3.05) is 0 Å². The monoisotopic (exact) mass is 295 g/mol. The largest absolute Gasteiger partial charge is 0.461 e. The number of esters is 1. The van der Waals surface area contributed by atoms with Crippen LogP contribution in [0.4, 0.5) is 0 Å². The lowest BCUT2D eigenvalue weighted by atomic mass is 9.75. The van der Waals surface area contributed by atoms with Gasteiger partial charge < -0.3 is 10.5 Å². The molecular formula is C18H33NO2. The number of carbonyl (C=O) groups excluding carboxylic acids is 1. The Balaban J connectivity index is 1.92. The Kier molecular flexibility index (Phi) is 6.09. The summed E-state index contributed by atoms with van der Waals surface area (Å²) in [4.78, 5) is 12.4. The molecule has 0 amide bonds. The van der Waals surface area contributed by atoms with E-state index in [2.05, 4.69) is 20.8 Å². The number of rotatable bonds is 4. The number of carbonyl (C=O) groups is 1. The fourth-order valence-corrected chi connectivity index (χ4v) is 4.16. The minimum Gasteiger partial charge on any atom is -0.461 e. The lowest BCUT2D eigenvalue weighted by Gasteiger charge is -2.37. The van der Waals surface area contributed by atoms with E-state index in [0.717, 1.165) is 19.3 Å². The van der Waals surface area contributed by atoms with Crippen LogP contribution in [0.25, 0.3) is 0 Å². The maximum Gasteiger partial charge on any atom is 0.323 e. The summed E-state index contributed by atoms with van der Waals surface area (Å²) in [5.41, 5.74) is 6.19. The molecule has 4 unspecified atom stereocenters. The Hall–Kier alpha value is -0.570. The molecule has 0 saturated heterocycles. The highest BCUT2D eigenvalue weighted by Crippen LogP contribution is 2.36. The lowest BCUT2D eigenvalue weighted by molar-refractivity contribution is -0.159. The van der Waals surface area contributed by atoms with Crippen molar-refractivity contribution < 1.29 is 9.53 Å². The van der Waals surface area contributed by atoms with Gasteiger partial charge in [0.2, 0.25) is 0 Å². The SMILES string of the molecule is CC1CCC(C(C)C)C(OC(=O)C(N)C2CCCCC2)C1. The van der Waals surface area contributed by atoms with Crippen LogP contribution in [-0.4, -0.2) is 18.1 Å². The van der Waals surface area contributed by atoms with Crippen LogP contribution in [0.5, 0.6) is 0 Å². The minimum absolute atomic E-state index is 0.0795. The topological polar surface area (TPSA) is 52.3 Å². The summed E-state index contributed by atoms with van der Waals surface area (Å²) in [6, 6.07) is -0.407. The van der Waals surface area contributed by atoms with Crippen molar-refractivity contribution in [3.05, 3.63) is 0 Å². The Labute approximate surface area is 130 Å². The van der Waals surface area contributed by atoms with E-state index in [1.54, 1.807) is 0 Å². The van der Waals surface area contributed by atoms with E-state index in [9.17, 15) is 4.79 Å². The van der Waals surface area contributed by atoms with Crippen LogP contribution in [0.15, 0.2) is 0 Å². The highest BCUT2D eigenvalue weighted by Gasteiger charge is 2.36. The summed E-state index contributed by atoms with van der Waals surface area (Å²) in [7, 11) is 0. The summed E-state index contributed by atoms with van der Waals surface area (Å²) in [6.45, 7) is 6.74. The summed E-state index contributed by atoms with van der Waals surface area (Å²) < 4.78 is 5.89. The fourth-order valence-electron chi connectivity index (χ4n) is 4.16. The first kappa shape index (κ1) is 16.8. The molecule has 0 heterocycles. The van der Waals surface area contributed by atoms with Gasteiger partial charge in [-0.3, -0.25) is 4.79 Å². The van der Waals surface area contributed by atoms with Gasteiger partial charge in [0.05, 0.1) is 0 Å². The molecule has 2 aliphatic rings. The van der Waals surface area contributed by atoms with Crippen LogP contribution >= 0.6 is 0 Å². The van der Waals surface area contributed by atoms with E-state index in [0.29, 0.717) is 23.7 Å². The molecule has 4 atom stereocenters. The van der Waals surface area contributed by atoms with Crippen molar-refractivity contribution >= 4 is 5.97 Å². The third kappa shape index (κ3) is 4.45. The fraction of sp³-hybridized carbons (Fsp3) is 0.944. The number of hydrogen-bond acceptors (Lipinski definition) is 3. The highest BCUT2D eigenvalue weighted by atomic mass is 16.5. The Morgan fingerprint density at radius 2 is 1.76 bits per heavy atom. The zero-order valence-corrected chi connectivity index (χ0v) is 14.0. The molecule has 0 spiro atoms. The average Bonchev–Trinajstić information content (AvgIpc) is 2.47. The predicted molar refractivity (Wildman–Crippen MR) is 85.8 cm³/mol. The molecule has 0 radical (unpaired) electrons. The summed E-state index contributed by atoms with van der Waals surface area (Å²) in [5.74, 6) is 1.92. The summed E-state index contributed by atoms with van der Waals surface area (Å²) in [6.07, 6.45) is 9.40. The highest BCUT2D eigenvalue weighted by molar-refractivity contribution is 5.76. The van der Waals surface area contributed by atoms with Gasteiger partial charge in [0, 0.05) is 0 Å². The molecule has 2 rings (SSSR count). The maximum absolute atomic E-state index is 12.4. The molecule has 2 N–H and O–H groups in total. The van der Waals surface area contributed by atoms with Crippen LogP contribution in [0.2, 0.25) is 0 Å². The van der Waals surface area contributed by atoms with Gasteiger partial charge in [-0.05, 0) is 49.4 Å². The molecule has 2 saturated carbocycles. The standard InChI is InChI=1S/C18H33NO2/c1-12(2)15-10-9-13(3)11-16(15)21-18(20)17(19)14-7-5-4-6-8-14/h12-17H,4-11,19H2,1-3H3. The smallest absolute Gasteiger partial charge is 0.323 e. The van der Waals surface area contributed by atoms with E-state index in [4.69, 9.17) is 10.5 Å². The second-order valence-corrected chi connectivity index (χ2v) is 7.73. The quantitative estimate of drug-likeness (QED) is 0.800. The Morgan fingerprint density at radius 1 is 1.10 bits per heavy atom. The van der Waals surface area contributed by atoms with Crippen molar-refractivity contribution in [1.82, 2.24) is 0 Å². The molecule has 0 aromatic carbocycles. The van der Waals surface area contributed by atoms with Gasteiger partial charge in [-0.15, -0.1) is 0 Å². The van der Waals surface area contributed by atoms with Gasteiger partial charge in [-0.2, -0.15) is 0 Å². The second kappa shape index (κ2) is 7.62. The molecule has 0 aromatic rings. The van der Waals surface area contributed by atoms with Crippen LogP contribution < -0.4 is 5.73 Å². The zero-order chi connectivity index (χ0) is 15.4. The van der Waals surface area contributed by atoms with E-state index in [1.165, 1.54) is 32.1 Å². The van der Waals surface area contributed by atoms with E-state index >= 15 is 0 Å². The van der Waals surface area contributed by atoms with Gasteiger partial charge in [0.15, 0.2) is 0 Å². The van der Waals surface area contributed by atoms with Crippen LogP contribution in [0.3, 0.4) is 0 Å². The lowest BCUT2D eigenvalue weighted by Crippen LogP contribution is -2.44. The predicted octanol–water partition coefficient (Wildman–Crippen LogP) is 3.90. The van der Waals surface area contributed by atoms with Crippen molar-refractivity contribution in [2.24, 2.45) is 29.4 Å². The molecule has 0 aromatic heterocycles. The number of hydrogen-bond donors (Lipinski definition) is 1. The molecule has 3 nitrogen and oxygen atoms in total. The first-order valence-corrected chi connectivity index (χ1v) is 8.95. The van der Waals surface area contributed by atoms with Gasteiger partial charge in [0.25, 0.3) is 0 Å². The zero-order valence-electron chi connectivity index (χ0n) is 14.0. The first-order valence-electron chi connectivity index (χ1n) is 8.95. The average molecular weight is 295 g/mol. The van der Waals surface area contributed by atoms with Gasteiger partial charge in [0.1, 0.15) is 12.1 Å². The van der Waals surface area contributed by atoms with Crippen molar-refractivity contribution in [1.29, 1.82) is 0 Å². The van der Waals surface area contributed by atoms with Gasteiger partial charge >= 0.3 is 5.97 Å². The van der Waals surface area contributed by atoms with Crippen molar-refractivity contribution in [3.8, 4) is 0 Å². The molecule has 122 valence electrons. The van der Waals surface area contributed by atoms with E-state index in [-0.39, 0.29) is 12.1 Å². The molecule has 0 aliphatic heterocycles. The maximum atomic E-state index is 12.4. The summed E-state index contributed by atoms with van der Waals surface area (Å²) >= 11 is 0. The Morgan fingerprint density at radius 3 is 2.38 bits per heavy atom. The van der Waals surface area contributed by atoms with E-state index < -0.39 is 6.04 Å². The molecule has 3 heteroatoms. The molecule has 0 bridgehead atoms. The van der Waals surface area contributed by atoms with E-state index in [1.807, 2.05) is 0 Å². The second-order valence-electron chi connectivity index (χ2n) is 7.73. The third-order valence-electron chi connectivity index (χ3n) is 5.66. The van der Waals surface area contributed by atoms with Crippen LogP contribution in [0.1, 0.15) is 72.1 Å². The van der Waals surface area contributed by atoms with Crippen LogP contribution in [0, 0.1) is 23.7 Å². The molecule has 21 heavy (non-hydrogen) atoms. The normalized spacial score (nSPS) is 32.9. The Bertz CT molecular complexity index is 336. The van der Waals surface area contributed by atoms with Crippen molar-refractivity contribution in [2.45, 2.75) is 84.3 Å². The minimum atomic E-state index is -0.407. The third-order valence-corrected chi connectivity index (χ3v) is 5.66. The number of ether oxygens (including phenoxy) is 1. The molecule has 2 fully saturated rings. The molecular weight excluding hydrogens is 262 g/mol. The number of nitrogens with two attached hydrogens (primary N) is 1. The van der Waals surface area contributed by atoms with Crippen LogP contribution in [-0.2, 0) is 9.53 Å². The van der Waals surface area contributed by atoms with Gasteiger partial charge in [-0.1, -0.05) is 46.5 Å².